The van der Waals surface area contributed by atoms with Crippen molar-refractivity contribution >= 4 is 35.0 Å². The molecule has 8 nitrogen and oxygen atoms in total. The molecule has 2 saturated heterocycles. The average molecular weight is 464 g/mol. The van der Waals surface area contributed by atoms with Gasteiger partial charge in [-0.2, -0.15) is 0 Å². The van der Waals surface area contributed by atoms with Crippen LogP contribution in [0.15, 0.2) is 42.5 Å². The Hall–Kier alpha value is -3.59. The van der Waals surface area contributed by atoms with E-state index in [9.17, 15) is 23.6 Å². The molecule has 3 heterocycles. The summed E-state index contributed by atoms with van der Waals surface area (Å²) in [6.45, 7) is 2.10. The molecule has 0 unspecified atom stereocenters. The predicted molar refractivity (Wildman–Crippen MR) is 122 cm³/mol. The molecule has 2 aromatic rings. The van der Waals surface area contributed by atoms with Gasteiger partial charge in [0.1, 0.15) is 11.4 Å². The lowest BCUT2D eigenvalue weighted by Crippen LogP contribution is -2.53. The SMILES string of the molecule is CCCCc1ccc(N2C(=O)[C@H]3[C@@H](CC(N)=O)N[C@]4(C(=O)Nc5ccc(F)cc54)[C@H]3C2=O)cc1. The van der Waals surface area contributed by atoms with Crippen molar-refractivity contribution in [1.82, 2.24) is 5.32 Å². The first kappa shape index (κ1) is 22.2. The summed E-state index contributed by atoms with van der Waals surface area (Å²) < 4.78 is 14.2. The summed E-state index contributed by atoms with van der Waals surface area (Å²) in [5, 5.41) is 5.74. The number of fused-ring (bicyclic) bond motifs is 4. The van der Waals surface area contributed by atoms with Crippen molar-refractivity contribution < 1.29 is 23.6 Å². The van der Waals surface area contributed by atoms with Gasteiger partial charge in [-0.25, -0.2) is 9.29 Å². The fourth-order valence-corrected chi connectivity index (χ4v) is 5.61. The molecule has 0 saturated carbocycles. The molecule has 2 aromatic carbocycles. The predicted octanol–water partition coefficient (Wildman–Crippen LogP) is 1.97. The number of primary amides is 1. The van der Waals surface area contributed by atoms with Gasteiger partial charge in [0.05, 0.1) is 17.5 Å². The second kappa shape index (κ2) is 8.02. The highest BCUT2D eigenvalue weighted by Gasteiger charge is 2.70. The number of halogens is 1. The highest BCUT2D eigenvalue weighted by Crippen LogP contribution is 2.54. The third kappa shape index (κ3) is 3.14. The Labute approximate surface area is 195 Å². The molecule has 0 aliphatic carbocycles. The van der Waals surface area contributed by atoms with Crippen LogP contribution in [-0.2, 0) is 31.1 Å². The summed E-state index contributed by atoms with van der Waals surface area (Å²) >= 11 is 0. The highest BCUT2D eigenvalue weighted by molar-refractivity contribution is 6.25. The highest BCUT2D eigenvalue weighted by atomic mass is 19.1. The molecule has 9 heteroatoms. The van der Waals surface area contributed by atoms with Gasteiger partial charge in [0.15, 0.2) is 0 Å². The Kier molecular flexibility index (Phi) is 5.24. The Balaban J connectivity index is 1.59. The molecular formula is C25H25FN4O4. The number of nitrogens with zero attached hydrogens (tertiary/aromatic N) is 1. The second-order valence-corrected chi connectivity index (χ2v) is 9.16. The number of nitrogens with one attached hydrogen (secondary N) is 2. The van der Waals surface area contributed by atoms with Crippen LogP contribution in [0.2, 0.25) is 0 Å². The quantitative estimate of drug-likeness (QED) is 0.565. The number of amides is 4. The number of hydrogen-bond donors (Lipinski definition) is 3. The van der Waals surface area contributed by atoms with Crippen LogP contribution in [0.25, 0.3) is 0 Å². The van der Waals surface area contributed by atoms with Crippen LogP contribution in [0.4, 0.5) is 15.8 Å². The zero-order chi connectivity index (χ0) is 24.2. The minimum atomic E-state index is -1.68. The lowest BCUT2D eigenvalue weighted by molar-refractivity contribution is -0.130. The maximum atomic E-state index is 14.2. The Bertz CT molecular complexity index is 1210. The van der Waals surface area contributed by atoms with Crippen molar-refractivity contribution in [2.75, 3.05) is 10.2 Å². The first-order valence-electron chi connectivity index (χ1n) is 11.4. The molecule has 3 aliphatic heterocycles. The Morgan fingerprint density at radius 1 is 1.12 bits per heavy atom. The summed E-state index contributed by atoms with van der Waals surface area (Å²) in [6, 6.07) is 10.1. The minimum absolute atomic E-state index is 0.246. The van der Waals surface area contributed by atoms with Crippen molar-refractivity contribution in [3.8, 4) is 0 Å². The number of carbonyl (C=O) groups excluding carboxylic acids is 4. The smallest absolute Gasteiger partial charge is 0.250 e. The number of aryl methyl sites for hydroxylation is 1. The van der Waals surface area contributed by atoms with Gasteiger partial charge in [0.25, 0.3) is 0 Å². The molecule has 0 bridgehead atoms. The van der Waals surface area contributed by atoms with Gasteiger partial charge in [-0.3, -0.25) is 24.5 Å². The van der Waals surface area contributed by atoms with Gasteiger partial charge in [-0.05, 0) is 48.7 Å². The number of imide groups is 1. The first-order chi connectivity index (χ1) is 16.3. The molecular weight excluding hydrogens is 439 g/mol. The topological polar surface area (TPSA) is 122 Å². The number of nitrogens with two attached hydrogens (primary N) is 1. The van der Waals surface area contributed by atoms with Gasteiger partial charge < -0.3 is 11.1 Å². The first-order valence-corrected chi connectivity index (χ1v) is 11.4. The molecule has 1 spiro atoms. The van der Waals surface area contributed by atoms with E-state index in [1.165, 1.54) is 18.2 Å². The Morgan fingerprint density at radius 3 is 2.53 bits per heavy atom. The molecule has 4 atom stereocenters. The van der Waals surface area contributed by atoms with E-state index in [1.807, 2.05) is 12.1 Å². The largest absolute Gasteiger partial charge is 0.370 e. The summed E-state index contributed by atoms with van der Waals surface area (Å²) in [7, 11) is 0. The Morgan fingerprint density at radius 2 is 1.85 bits per heavy atom. The second-order valence-electron chi connectivity index (χ2n) is 9.16. The minimum Gasteiger partial charge on any atom is -0.370 e. The van der Waals surface area contributed by atoms with Gasteiger partial charge in [0.2, 0.25) is 23.6 Å². The summed E-state index contributed by atoms with van der Waals surface area (Å²) in [5.41, 5.74) is 5.85. The molecule has 176 valence electrons. The fourth-order valence-electron chi connectivity index (χ4n) is 5.61. The third-order valence-electron chi connectivity index (χ3n) is 7.11. The molecule has 4 amide bonds. The lowest BCUT2D eigenvalue weighted by Gasteiger charge is -2.29. The zero-order valence-electron chi connectivity index (χ0n) is 18.6. The molecule has 4 N–H and O–H groups in total. The van der Waals surface area contributed by atoms with E-state index in [-0.39, 0.29) is 12.0 Å². The molecule has 34 heavy (non-hydrogen) atoms. The van der Waals surface area contributed by atoms with E-state index in [0.717, 1.165) is 29.7 Å². The number of hydrogen-bond acceptors (Lipinski definition) is 5. The van der Waals surface area contributed by atoms with E-state index < -0.39 is 52.9 Å². The maximum absolute atomic E-state index is 14.2. The summed E-state index contributed by atoms with van der Waals surface area (Å²) in [6.07, 6.45) is 2.72. The zero-order valence-corrected chi connectivity index (χ0v) is 18.6. The van der Waals surface area contributed by atoms with E-state index in [0.29, 0.717) is 11.4 Å². The monoisotopic (exact) mass is 464 g/mol. The van der Waals surface area contributed by atoms with Crippen LogP contribution >= 0.6 is 0 Å². The van der Waals surface area contributed by atoms with Crippen LogP contribution in [0.5, 0.6) is 0 Å². The fraction of sp³-hybridized carbons (Fsp3) is 0.360. The van der Waals surface area contributed by atoms with E-state index in [4.69, 9.17) is 5.73 Å². The number of carbonyl (C=O) groups is 4. The van der Waals surface area contributed by atoms with Crippen molar-refractivity contribution in [3.63, 3.8) is 0 Å². The van der Waals surface area contributed by atoms with Crippen LogP contribution in [0.3, 0.4) is 0 Å². The summed E-state index contributed by atoms with van der Waals surface area (Å²) in [5.74, 6) is -5.04. The van der Waals surface area contributed by atoms with Crippen molar-refractivity contribution in [3.05, 3.63) is 59.4 Å². The maximum Gasteiger partial charge on any atom is 0.250 e. The van der Waals surface area contributed by atoms with Gasteiger partial charge in [-0.1, -0.05) is 25.5 Å². The molecule has 0 radical (unpaired) electrons. The number of rotatable bonds is 6. The number of unbranched alkanes of at least 4 members (excludes halogenated alkanes) is 1. The van der Waals surface area contributed by atoms with Crippen LogP contribution in [-0.4, -0.2) is 29.7 Å². The van der Waals surface area contributed by atoms with Crippen LogP contribution in [0.1, 0.15) is 37.3 Å². The number of benzene rings is 2. The molecule has 5 rings (SSSR count). The van der Waals surface area contributed by atoms with Crippen LogP contribution in [0, 0.1) is 17.7 Å². The molecule has 0 aromatic heterocycles. The molecule has 2 fully saturated rings. The van der Waals surface area contributed by atoms with Crippen molar-refractivity contribution in [2.45, 2.75) is 44.2 Å². The molecule has 3 aliphatic rings. The number of anilines is 2. The van der Waals surface area contributed by atoms with E-state index in [1.54, 1.807) is 12.1 Å². The summed E-state index contributed by atoms with van der Waals surface area (Å²) in [4.78, 5) is 53.5. The van der Waals surface area contributed by atoms with Gasteiger partial charge >= 0.3 is 0 Å². The average Bonchev–Trinajstić information content (AvgIpc) is 3.37. The standard InChI is InChI=1S/C25H25FN4O4/c1-2-3-4-13-5-8-15(9-6-13)30-22(32)20-18(12-19(27)31)29-25(21(20)23(30)33)16-11-14(26)7-10-17(16)28-24(25)34/h5-11,18,20-21,29H,2-4,12H2,1H3,(H2,27,31)(H,28,34)/t18-,20+,21-,25+/m1/s1. The van der Waals surface area contributed by atoms with Crippen molar-refractivity contribution in [1.29, 1.82) is 0 Å². The van der Waals surface area contributed by atoms with Gasteiger partial charge in [0, 0.05) is 23.7 Å². The van der Waals surface area contributed by atoms with E-state index >= 15 is 0 Å². The lowest BCUT2D eigenvalue weighted by atomic mass is 9.76. The van der Waals surface area contributed by atoms with E-state index in [2.05, 4.69) is 17.6 Å². The van der Waals surface area contributed by atoms with Crippen LogP contribution < -0.4 is 21.3 Å². The van der Waals surface area contributed by atoms with Gasteiger partial charge in [-0.15, -0.1) is 0 Å². The normalized spacial score (nSPS) is 27.3. The third-order valence-corrected chi connectivity index (χ3v) is 7.11. The van der Waals surface area contributed by atoms with Crippen molar-refractivity contribution in [2.24, 2.45) is 17.6 Å².